The average Bonchev–Trinajstić information content (AvgIpc) is 3.69. The van der Waals surface area contributed by atoms with Gasteiger partial charge in [0.05, 0.1) is 24.4 Å². The van der Waals surface area contributed by atoms with E-state index in [1.807, 2.05) is 12.1 Å². The number of amides is 2. The lowest BCUT2D eigenvalue weighted by Gasteiger charge is -2.17. The maximum atomic E-state index is 13.6. The highest BCUT2D eigenvalue weighted by Crippen LogP contribution is 2.36. The molecule has 3 heterocycles. The van der Waals surface area contributed by atoms with E-state index in [0.29, 0.717) is 23.4 Å². The minimum Gasteiger partial charge on any atom is -0.361 e. The zero-order valence-electron chi connectivity index (χ0n) is 22.1. The number of oxime groups is 1. The van der Waals surface area contributed by atoms with Gasteiger partial charge in [0.2, 0.25) is 0 Å². The van der Waals surface area contributed by atoms with Gasteiger partial charge in [-0.1, -0.05) is 36.0 Å². The number of carbonyl (C=O) groups excluding carboxylic acids is 2. The Labute approximate surface area is 229 Å². The van der Waals surface area contributed by atoms with Crippen molar-refractivity contribution in [1.29, 1.82) is 0 Å². The van der Waals surface area contributed by atoms with Gasteiger partial charge in [0, 0.05) is 24.2 Å². The van der Waals surface area contributed by atoms with Gasteiger partial charge in [-0.05, 0) is 60.6 Å². The van der Waals surface area contributed by atoms with Crippen LogP contribution < -0.4 is 10.6 Å². The lowest BCUT2D eigenvalue weighted by Crippen LogP contribution is -2.30. The summed E-state index contributed by atoms with van der Waals surface area (Å²) in [7, 11) is 0. The third-order valence-corrected chi connectivity index (χ3v) is 7.46. The molecule has 2 aliphatic rings. The lowest BCUT2D eigenvalue weighted by molar-refractivity contribution is 0.0929. The molecule has 0 radical (unpaired) electrons. The number of halogens is 1. The summed E-state index contributed by atoms with van der Waals surface area (Å²) in [5.41, 5.74) is 7.19. The largest absolute Gasteiger partial charge is 0.361 e. The number of allylic oxidation sites excluding steroid dienone is 1. The summed E-state index contributed by atoms with van der Waals surface area (Å²) in [6.45, 7) is 7.76. The summed E-state index contributed by atoms with van der Waals surface area (Å²) in [6.07, 6.45) is 3.68. The molecule has 6 rings (SSSR count). The van der Waals surface area contributed by atoms with E-state index in [-0.39, 0.29) is 35.7 Å². The minimum atomic E-state index is -0.449. The maximum absolute atomic E-state index is 13.6. The zero-order valence-corrected chi connectivity index (χ0v) is 22.1. The number of rotatable bonds is 6. The molecule has 0 fully saturated rings. The van der Waals surface area contributed by atoms with Crippen molar-refractivity contribution in [3.05, 3.63) is 112 Å². The van der Waals surface area contributed by atoms with Gasteiger partial charge in [0.25, 0.3) is 11.8 Å². The topological polar surface area (TPSA) is 110 Å². The molecule has 2 aromatic carbocycles. The fraction of sp³-hybridized carbons (Fsp3) is 0.233. The third-order valence-electron chi connectivity index (χ3n) is 7.46. The molecule has 2 aromatic heterocycles. The molecule has 2 amide bonds. The van der Waals surface area contributed by atoms with Crippen LogP contribution in [0.15, 0.2) is 66.2 Å². The Morgan fingerprint density at radius 1 is 1.15 bits per heavy atom. The Bertz CT molecular complexity index is 1740. The number of hydrogen-bond acceptors (Lipinski definition) is 6. The second kappa shape index (κ2) is 10.0. The van der Waals surface area contributed by atoms with Gasteiger partial charge in [0.1, 0.15) is 23.0 Å². The molecule has 0 unspecified atom stereocenters. The number of benzene rings is 2. The number of hydrogen-bond donors (Lipinski definition) is 2. The van der Waals surface area contributed by atoms with Crippen molar-refractivity contribution in [2.45, 2.75) is 45.7 Å². The minimum absolute atomic E-state index is 0.0884. The van der Waals surface area contributed by atoms with Crippen molar-refractivity contribution >= 4 is 23.2 Å². The molecule has 0 saturated carbocycles. The SMILES string of the molecule is C=C1CC(c2ccc3c(c2C)CC[C@@H]3NC(=O)c2cc(C(=O)NCc3ccc(F)c(C)c3)nc3ccnn23)=NO1. The first-order valence-electron chi connectivity index (χ1n) is 13.0. The van der Waals surface area contributed by atoms with Crippen LogP contribution in [0.2, 0.25) is 0 Å². The van der Waals surface area contributed by atoms with E-state index in [2.05, 4.69) is 39.4 Å². The molecule has 0 spiro atoms. The zero-order chi connectivity index (χ0) is 28.0. The molecule has 202 valence electrons. The first kappa shape index (κ1) is 25.4. The summed E-state index contributed by atoms with van der Waals surface area (Å²) in [6, 6.07) is 11.6. The maximum Gasteiger partial charge on any atom is 0.270 e. The summed E-state index contributed by atoms with van der Waals surface area (Å²) < 4.78 is 15.0. The first-order valence-corrected chi connectivity index (χ1v) is 13.0. The van der Waals surface area contributed by atoms with Crippen LogP contribution in [-0.2, 0) is 17.8 Å². The van der Waals surface area contributed by atoms with Gasteiger partial charge in [-0.15, -0.1) is 0 Å². The van der Waals surface area contributed by atoms with E-state index < -0.39 is 5.91 Å². The smallest absolute Gasteiger partial charge is 0.270 e. The Kier molecular flexibility index (Phi) is 6.37. The molecular formula is C30H27FN6O3. The fourth-order valence-corrected chi connectivity index (χ4v) is 5.37. The van der Waals surface area contributed by atoms with Crippen LogP contribution >= 0.6 is 0 Å². The molecule has 0 saturated heterocycles. The van der Waals surface area contributed by atoms with Crippen LogP contribution in [-0.4, -0.2) is 32.1 Å². The number of carbonyl (C=O) groups is 2. The van der Waals surface area contributed by atoms with Crippen LogP contribution in [0.5, 0.6) is 0 Å². The van der Waals surface area contributed by atoms with Gasteiger partial charge in [-0.25, -0.2) is 13.9 Å². The summed E-state index contributed by atoms with van der Waals surface area (Å²) >= 11 is 0. The van der Waals surface area contributed by atoms with Gasteiger partial charge in [0.15, 0.2) is 5.65 Å². The molecule has 0 bridgehead atoms. The highest BCUT2D eigenvalue weighted by molar-refractivity contribution is 6.04. The quantitative estimate of drug-likeness (QED) is 0.377. The Morgan fingerprint density at radius 3 is 2.77 bits per heavy atom. The summed E-state index contributed by atoms with van der Waals surface area (Å²) in [5.74, 6) is -0.483. The number of aryl methyl sites for hydroxylation is 1. The Morgan fingerprint density at radius 2 is 2.00 bits per heavy atom. The van der Waals surface area contributed by atoms with Crippen molar-refractivity contribution in [3.8, 4) is 0 Å². The molecule has 1 atom stereocenters. The van der Waals surface area contributed by atoms with Gasteiger partial charge in [-0.2, -0.15) is 5.10 Å². The van der Waals surface area contributed by atoms with Crippen LogP contribution in [0.1, 0.15) is 73.2 Å². The molecule has 1 aliphatic carbocycles. The summed E-state index contributed by atoms with van der Waals surface area (Å²) in [4.78, 5) is 36.1. The standard InChI is InChI=1S/C30H27FN6O3/c1-16-12-19(4-8-23(16)31)15-32-29(38)26-14-27(37-28(34-26)10-11-33-37)30(39)35-24-9-7-20-18(3)21(5-6-22(20)24)25-13-17(2)40-36-25/h4-6,8,10-12,14,24H,2,7,9,13,15H2,1,3H3,(H,32,38)(H,35,39)/t24-/m0/s1. The van der Waals surface area contributed by atoms with Crippen molar-refractivity contribution in [2.75, 3.05) is 0 Å². The number of fused-ring (bicyclic) bond motifs is 2. The van der Waals surface area contributed by atoms with E-state index >= 15 is 0 Å². The Hall–Kier alpha value is -4.86. The van der Waals surface area contributed by atoms with Crippen LogP contribution in [0, 0.1) is 19.7 Å². The normalized spacial score (nSPS) is 16.0. The van der Waals surface area contributed by atoms with E-state index in [1.54, 1.807) is 25.1 Å². The van der Waals surface area contributed by atoms with Gasteiger partial charge >= 0.3 is 0 Å². The monoisotopic (exact) mass is 538 g/mol. The average molecular weight is 539 g/mol. The first-order chi connectivity index (χ1) is 19.3. The molecule has 10 heteroatoms. The molecule has 9 nitrogen and oxygen atoms in total. The van der Waals surface area contributed by atoms with E-state index in [4.69, 9.17) is 4.84 Å². The third kappa shape index (κ3) is 4.61. The number of aromatic nitrogens is 3. The second-order valence-electron chi connectivity index (χ2n) is 10.1. The Balaban J connectivity index is 1.22. The van der Waals surface area contributed by atoms with Gasteiger partial charge < -0.3 is 15.5 Å². The predicted molar refractivity (Wildman–Crippen MR) is 146 cm³/mol. The summed E-state index contributed by atoms with van der Waals surface area (Å²) in [5, 5.41) is 14.3. The highest BCUT2D eigenvalue weighted by Gasteiger charge is 2.29. The van der Waals surface area contributed by atoms with Crippen molar-refractivity contribution < 1.29 is 18.8 Å². The molecule has 1 aliphatic heterocycles. The van der Waals surface area contributed by atoms with Crippen molar-refractivity contribution in [1.82, 2.24) is 25.2 Å². The number of nitrogens with zero attached hydrogens (tertiary/aromatic N) is 4. The predicted octanol–water partition coefficient (Wildman–Crippen LogP) is 4.47. The van der Waals surface area contributed by atoms with E-state index in [1.165, 1.54) is 28.4 Å². The molecule has 40 heavy (non-hydrogen) atoms. The molecule has 2 N–H and O–H groups in total. The molecule has 4 aromatic rings. The van der Waals surface area contributed by atoms with Crippen LogP contribution in [0.4, 0.5) is 4.39 Å². The highest BCUT2D eigenvalue weighted by atomic mass is 19.1. The fourth-order valence-electron chi connectivity index (χ4n) is 5.37. The van der Waals surface area contributed by atoms with Crippen LogP contribution in [0.3, 0.4) is 0 Å². The van der Waals surface area contributed by atoms with E-state index in [0.717, 1.165) is 40.8 Å². The molecular weight excluding hydrogens is 511 g/mol. The second-order valence-corrected chi connectivity index (χ2v) is 10.1. The van der Waals surface area contributed by atoms with E-state index in [9.17, 15) is 14.0 Å². The van der Waals surface area contributed by atoms with Crippen LogP contribution in [0.25, 0.3) is 5.65 Å². The van der Waals surface area contributed by atoms with Crippen molar-refractivity contribution in [2.24, 2.45) is 5.16 Å². The van der Waals surface area contributed by atoms with Gasteiger partial charge in [-0.3, -0.25) is 9.59 Å². The number of nitrogens with one attached hydrogen (secondary N) is 2. The van der Waals surface area contributed by atoms with Crippen molar-refractivity contribution in [3.63, 3.8) is 0 Å². The lowest BCUT2D eigenvalue weighted by atomic mass is 9.94.